The third kappa shape index (κ3) is 4.70. The number of carboxylic acids is 2. The van der Waals surface area contributed by atoms with Crippen LogP contribution >= 0.6 is 0 Å². The SMILES string of the molecule is COC(=O)/C=C(/C=C/C(=O)O)C(=O)O. The number of carbonyl (C=O) groups is 3. The summed E-state index contributed by atoms with van der Waals surface area (Å²) in [5, 5.41) is 16.7. The van der Waals surface area contributed by atoms with E-state index in [4.69, 9.17) is 10.2 Å². The van der Waals surface area contributed by atoms with Gasteiger partial charge in [-0.3, -0.25) is 0 Å². The van der Waals surface area contributed by atoms with Crippen molar-refractivity contribution in [2.75, 3.05) is 7.11 Å². The van der Waals surface area contributed by atoms with E-state index in [1.807, 2.05) is 0 Å². The van der Waals surface area contributed by atoms with E-state index in [-0.39, 0.29) is 0 Å². The molecule has 0 heterocycles. The standard InChI is InChI=1S/C8H8O6/c1-14-7(11)4-5(8(12)13)2-3-6(9)10/h2-4H,1H3,(H,9,10)(H,12,13)/b3-2+,5-4-. The third-order valence-corrected chi connectivity index (χ3v) is 1.13. The Bertz CT molecular complexity index is 312. The minimum atomic E-state index is -1.41. The molecule has 0 radical (unpaired) electrons. The Labute approximate surface area is 79.1 Å². The first-order chi connectivity index (χ1) is 6.47. The topological polar surface area (TPSA) is 101 Å². The Morgan fingerprint density at radius 2 is 1.71 bits per heavy atom. The molecule has 76 valence electrons. The van der Waals surface area contributed by atoms with Crippen molar-refractivity contribution < 1.29 is 29.3 Å². The molecule has 0 bridgehead atoms. The molecule has 14 heavy (non-hydrogen) atoms. The average molecular weight is 200 g/mol. The van der Waals surface area contributed by atoms with Gasteiger partial charge in [-0.05, 0) is 6.08 Å². The molecule has 0 saturated carbocycles. The first-order valence-corrected chi connectivity index (χ1v) is 3.41. The molecule has 6 nitrogen and oxygen atoms in total. The predicted octanol–water partition coefficient (Wildman–Crippen LogP) is -0.189. The summed E-state index contributed by atoms with van der Waals surface area (Å²) in [6, 6.07) is 0. The highest BCUT2D eigenvalue weighted by Crippen LogP contribution is 1.98. The Kier molecular flexibility index (Phi) is 4.69. The van der Waals surface area contributed by atoms with Crippen molar-refractivity contribution in [2.24, 2.45) is 0 Å². The van der Waals surface area contributed by atoms with Crippen LogP contribution in [0.2, 0.25) is 0 Å². The number of esters is 1. The van der Waals surface area contributed by atoms with Crippen LogP contribution < -0.4 is 0 Å². The number of ether oxygens (including phenoxy) is 1. The third-order valence-electron chi connectivity index (χ3n) is 1.13. The fraction of sp³-hybridized carbons (Fsp3) is 0.125. The number of methoxy groups -OCH3 is 1. The molecule has 0 aliphatic rings. The highest BCUT2D eigenvalue weighted by Gasteiger charge is 2.06. The summed E-state index contributed by atoms with van der Waals surface area (Å²) in [6.07, 6.45) is 2.09. The monoisotopic (exact) mass is 200 g/mol. The lowest BCUT2D eigenvalue weighted by Gasteiger charge is -1.93. The van der Waals surface area contributed by atoms with Gasteiger partial charge in [-0.15, -0.1) is 0 Å². The number of carbonyl (C=O) groups excluding carboxylic acids is 1. The molecule has 0 unspecified atom stereocenters. The van der Waals surface area contributed by atoms with Gasteiger partial charge >= 0.3 is 17.9 Å². The fourth-order valence-electron chi connectivity index (χ4n) is 0.528. The number of hydrogen-bond donors (Lipinski definition) is 2. The van der Waals surface area contributed by atoms with E-state index in [2.05, 4.69) is 4.74 Å². The normalized spacial score (nSPS) is 11.4. The van der Waals surface area contributed by atoms with E-state index in [1.54, 1.807) is 0 Å². The van der Waals surface area contributed by atoms with Gasteiger partial charge in [0.2, 0.25) is 0 Å². The molecule has 0 fully saturated rings. The van der Waals surface area contributed by atoms with Gasteiger partial charge in [0.25, 0.3) is 0 Å². The van der Waals surface area contributed by atoms with Crippen molar-refractivity contribution in [3.8, 4) is 0 Å². The Morgan fingerprint density at radius 1 is 1.14 bits per heavy atom. The molecule has 6 heteroatoms. The molecule has 0 atom stereocenters. The lowest BCUT2D eigenvalue weighted by molar-refractivity contribution is -0.136. The summed E-state index contributed by atoms with van der Waals surface area (Å²) in [6.45, 7) is 0. The van der Waals surface area contributed by atoms with Gasteiger partial charge in [-0.2, -0.15) is 0 Å². The van der Waals surface area contributed by atoms with Crippen LogP contribution in [-0.2, 0) is 19.1 Å². The van der Waals surface area contributed by atoms with Crippen molar-refractivity contribution >= 4 is 17.9 Å². The molecule has 0 rings (SSSR count). The van der Waals surface area contributed by atoms with Crippen molar-refractivity contribution in [2.45, 2.75) is 0 Å². The van der Waals surface area contributed by atoms with E-state index in [0.29, 0.717) is 12.2 Å². The van der Waals surface area contributed by atoms with Gasteiger partial charge in [-0.1, -0.05) is 0 Å². The lowest BCUT2D eigenvalue weighted by atomic mass is 10.2. The predicted molar refractivity (Wildman–Crippen MR) is 44.5 cm³/mol. The first-order valence-electron chi connectivity index (χ1n) is 3.41. The highest BCUT2D eigenvalue weighted by molar-refractivity contribution is 5.98. The van der Waals surface area contributed by atoms with Crippen LogP contribution in [0.3, 0.4) is 0 Å². The summed E-state index contributed by atoms with van der Waals surface area (Å²) < 4.78 is 4.18. The summed E-state index contributed by atoms with van der Waals surface area (Å²) >= 11 is 0. The van der Waals surface area contributed by atoms with E-state index < -0.39 is 23.5 Å². The molecule has 0 aromatic heterocycles. The summed E-state index contributed by atoms with van der Waals surface area (Å²) in [7, 11) is 1.08. The van der Waals surface area contributed by atoms with Crippen LogP contribution in [-0.4, -0.2) is 35.2 Å². The van der Waals surface area contributed by atoms with Crippen LogP contribution in [0.5, 0.6) is 0 Å². The average Bonchev–Trinajstić information content (AvgIpc) is 2.10. The van der Waals surface area contributed by atoms with Gasteiger partial charge < -0.3 is 14.9 Å². The van der Waals surface area contributed by atoms with E-state index in [9.17, 15) is 14.4 Å². The van der Waals surface area contributed by atoms with Crippen LogP contribution in [0.15, 0.2) is 23.8 Å². The zero-order chi connectivity index (χ0) is 11.1. The zero-order valence-electron chi connectivity index (χ0n) is 7.26. The second-order valence-electron chi connectivity index (χ2n) is 2.10. The maximum absolute atomic E-state index is 10.6. The van der Waals surface area contributed by atoms with Crippen LogP contribution in [0, 0.1) is 0 Å². The van der Waals surface area contributed by atoms with Crippen LogP contribution in [0.25, 0.3) is 0 Å². The zero-order valence-corrected chi connectivity index (χ0v) is 7.26. The number of carboxylic acid groups (broad SMARTS) is 2. The molecule has 0 spiro atoms. The summed E-state index contributed by atoms with van der Waals surface area (Å²) in [5.41, 5.74) is -0.459. The van der Waals surface area contributed by atoms with E-state index in [0.717, 1.165) is 13.2 Å². The molecule has 0 aliphatic heterocycles. The Balaban J connectivity index is 4.78. The van der Waals surface area contributed by atoms with Gasteiger partial charge in [0.1, 0.15) is 0 Å². The lowest BCUT2D eigenvalue weighted by Crippen LogP contribution is -2.04. The van der Waals surface area contributed by atoms with Crippen LogP contribution in [0.1, 0.15) is 0 Å². The van der Waals surface area contributed by atoms with Crippen LogP contribution in [0.4, 0.5) is 0 Å². The Morgan fingerprint density at radius 3 is 2.07 bits per heavy atom. The van der Waals surface area contributed by atoms with Gasteiger partial charge in [-0.25, -0.2) is 14.4 Å². The van der Waals surface area contributed by atoms with Gasteiger partial charge in [0.15, 0.2) is 0 Å². The van der Waals surface area contributed by atoms with E-state index >= 15 is 0 Å². The number of hydrogen-bond acceptors (Lipinski definition) is 4. The second-order valence-corrected chi connectivity index (χ2v) is 2.10. The first kappa shape index (κ1) is 11.9. The summed E-state index contributed by atoms with van der Waals surface area (Å²) in [5.74, 6) is -3.58. The number of rotatable bonds is 4. The minimum Gasteiger partial charge on any atom is -0.478 e. The smallest absolute Gasteiger partial charge is 0.335 e. The molecule has 0 aliphatic carbocycles. The quantitative estimate of drug-likeness (QED) is 0.370. The molecule has 0 saturated heterocycles. The van der Waals surface area contributed by atoms with Crippen molar-refractivity contribution in [3.63, 3.8) is 0 Å². The summed E-state index contributed by atoms with van der Waals surface area (Å²) in [4.78, 5) is 31.1. The maximum Gasteiger partial charge on any atom is 0.335 e. The van der Waals surface area contributed by atoms with Crippen molar-refractivity contribution in [1.82, 2.24) is 0 Å². The largest absolute Gasteiger partial charge is 0.478 e. The fourth-order valence-corrected chi connectivity index (χ4v) is 0.528. The molecule has 0 amide bonds. The maximum atomic E-state index is 10.6. The van der Waals surface area contributed by atoms with Crippen molar-refractivity contribution in [1.29, 1.82) is 0 Å². The Hall–Kier alpha value is -2.11. The highest BCUT2D eigenvalue weighted by atomic mass is 16.5. The molecular weight excluding hydrogens is 192 g/mol. The second kappa shape index (κ2) is 5.52. The molecule has 0 aromatic rings. The van der Waals surface area contributed by atoms with Gasteiger partial charge in [0, 0.05) is 12.2 Å². The molecular formula is C8H8O6. The van der Waals surface area contributed by atoms with Crippen molar-refractivity contribution in [3.05, 3.63) is 23.8 Å². The van der Waals surface area contributed by atoms with Gasteiger partial charge in [0.05, 0.1) is 12.7 Å². The molecule has 2 N–H and O–H groups in total. The molecule has 0 aromatic carbocycles. The van der Waals surface area contributed by atoms with E-state index in [1.165, 1.54) is 0 Å². The number of aliphatic carboxylic acids is 2. The minimum absolute atomic E-state index is 0.459.